The Labute approximate surface area is 112 Å². The Morgan fingerprint density at radius 2 is 2.11 bits per heavy atom. The number of nitrogens with zero attached hydrogens (tertiary/aromatic N) is 2. The summed E-state index contributed by atoms with van der Waals surface area (Å²) < 4.78 is 0. The quantitative estimate of drug-likeness (QED) is 0.492. The van der Waals surface area contributed by atoms with Crippen molar-refractivity contribution in [1.29, 1.82) is 0 Å². The third kappa shape index (κ3) is 4.70. The van der Waals surface area contributed by atoms with Gasteiger partial charge in [-0.3, -0.25) is 10.1 Å². The van der Waals surface area contributed by atoms with Gasteiger partial charge in [-0.15, -0.1) is 0 Å². The first-order chi connectivity index (χ1) is 9.10. The van der Waals surface area contributed by atoms with Crippen LogP contribution in [-0.4, -0.2) is 34.2 Å². The van der Waals surface area contributed by atoms with Gasteiger partial charge in [0.25, 0.3) is 5.69 Å². The Morgan fingerprint density at radius 1 is 1.42 bits per heavy atom. The van der Waals surface area contributed by atoms with Gasteiger partial charge in [0.2, 0.25) is 0 Å². The molecule has 0 aliphatic heterocycles. The number of hydrogen-bond donors (Lipinski definition) is 3. The molecule has 0 amide bonds. The largest absolute Gasteiger partial charge is 0.396 e. The van der Waals surface area contributed by atoms with Crippen LogP contribution in [0.3, 0.4) is 0 Å². The SMILES string of the molecule is CCNc1cc([N+](=O)[O-])cc(NC(CC)CCO)n1. The minimum atomic E-state index is -0.444. The molecule has 1 aromatic heterocycles. The second-order valence-corrected chi connectivity index (χ2v) is 4.15. The van der Waals surface area contributed by atoms with Crippen LogP contribution in [-0.2, 0) is 0 Å². The van der Waals surface area contributed by atoms with Gasteiger partial charge in [-0.25, -0.2) is 4.98 Å². The van der Waals surface area contributed by atoms with E-state index in [0.29, 0.717) is 24.6 Å². The van der Waals surface area contributed by atoms with Gasteiger partial charge >= 0.3 is 0 Å². The highest BCUT2D eigenvalue weighted by Crippen LogP contribution is 2.21. The Morgan fingerprint density at radius 3 is 2.63 bits per heavy atom. The Kier molecular flexibility index (Phi) is 6.01. The normalized spacial score (nSPS) is 11.9. The molecule has 0 spiro atoms. The topological polar surface area (TPSA) is 100 Å². The van der Waals surface area contributed by atoms with E-state index in [-0.39, 0.29) is 18.3 Å². The summed E-state index contributed by atoms with van der Waals surface area (Å²) in [4.78, 5) is 14.7. The number of anilines is 2. The predicted molar refractivity (Wildman–Crippen MR) is 74.5 cm³/mol. The van der Waals surface area contributed by atoms with Gasteiger partial charge in [0.15, 0.2) is 0 Å². The van der Waals surface area contributed by atoms with Crippen molar-refractivity contribution in [2.45, 2.75) is 32.7 Å². The van der Waals surface area contributed by atoms with Gasteiger partial charge in [-0.1, -0.05) is 6.92 Å². The van der Waals surface area contributed by atoms with Crippen LogP contribution in [0.2, 0.25) is 0 Å². The van der Waals surface area contributed by atoms with Crippen molar-refractivity contribution in [3.63, 3.8) is 0 Å². The summed E-state index contributed by atoms with van der Waals surface area (Å²) in [6, 6.07) is 2.86. The highest BCUT2D eigenvalue weighted by Gasteiger charge is 2.13. The summed E-state index contributed by atoms with van der Waals surface area (Å²) in [6.45, 7) is 4.59. The molecule has 0 fully saturated rings. The molecule has 0 saturated heterocycles. The molecule has 1 heterocycles. The summed E-state index contributed by atoms with van der Waals surface area (Å²) in [6.07, 6.45) is 1.39. The van der Waals surface area contributed by atoms with Gasteiger partial charge in [-0.05, 0) is 19.8 Å². The third-order valence-corrected chi connectivity index (χ3v) is 2.70. The molecule has 0 radical (unpaired) electrons. The molecule has 7 nitrogen and oxygen atoms in total. The van der Waals surface area contributed by atoms with Crippen LogP contribution in [0.15, 0.2) is 12.1 Å². The minimum absolute atomic E-state index is 0.00713. The smallest absolute Gasteiger partial charge is 0.276 e. The number of nitro groups is 1. The Hall–Kier alpha value is -1.89. The van der Waals surface area contributed by atoms with Crippen LogP contribution >= 0.6 is 0 Å². The lowest BCUT2D eigenvalue weighted by atomic mass is 10.1. The fourth-order valence-corrected chi connectivity index (χ4v) is 1.71. The lowest BCUT2D eigenvalue weighted by Gasteiger charge is -2.16. The molecule has 1 unspecified atom stereocenters. The maximum absolute atomic E-state index is 10.9. The van der Waals surface area contributed by atoms with Gasteiger partial charge in [0.1, 0.15) is 11.6 Å². The van der Waals surface area contributed by atoms with E-state index in [2.05, 4.69) is 15.6 Å². The van der Waals surface area contributed by atoms with Crippen molar-refractivity contribution in [2.75, 3.05) is 23.8 Å². The van der Waals surface area contributed by atoms with Gasteiger partial charge in [0.05, 0.1) is 17.1 Å². The van der Waals surface area contributed by atoms with Crippen LogP contribution in [0.25, 0.3) is 0 Å². The van der Waals surface area contributed by atoms with E-state index in [1.54, 1.807) is 0 Å². The van der Waals surface area contributed by atoms with E-state index in [4.69, 9.17) is 5.11 Å². The number of nitrogens with one attached hydrogen (secondary N) is 2. The number of aliphatic hydroxyl groups excluding tert-OH is 1. The summed E-state index contributed by atoms with van der Waals surface area (Å²) in [5.74, 6) is 0.920. The summed E-state index contributed by atoms with van der Waals surface area (Å²) >= 11 is 0. The predicted octanol–water partition coefficient (Wildman–Crippen LogP) is 1.99. The number of aliphatic hydroxyl groups is 1. The fourth-order valence-electron chi connectivity index (χ4n) is 1.71. The van der Waals surface area contributed by atoms with Crippen molar-refractivity contribution in [2.24, 2.45) is 0 Å². The summed E-state index contributed by atoms with van der Waals surface area (Å²) in [5, 5.41) is 25.9. The van der Waals surface area contributed by atoms with Crippen molar-refractivity contribution in [1.82, 2.24) is 4.98 Å². The van der Waals surface area contributed by atoms with Gasteiger partial charge < -0.3 is 15.7 Å². The highest BCUT2D eigenvalue weighted by atomic mass is 16.6. The van der Waals surface area contributed by atoms with Crippen LogP contribution < -0.4 is 10.6 Å². The molecular weight excluding hydrogens is 248 g/mol. The van der Waals surface area contributed by atoms with E-state index in [1.807, 2.05) is 13.8 Å². The maximum atomic E-state index is 10.9. The molecule has 106 valence electrons. The van der Waals surface area contributed by atoms with E-state index in [1.165, 1.54) is 12.1 Å². The minimum Gasteiger partial charge on any atom is -0.396 e. The molecular formula is C12H20N4O3. The summed E-state index contributed by atoms with van der Waals surface area (Å²) in [5.41, 5.74) is -0.00713. The first kappa shape index (κ1) is 15.2. The second-order valence-electron chi connectivity index (χ2n) is 4.15. The first-order valence-corrected chi connectivity index (χ1v) is 6.38. The molecule has 3 N–H and O–H groups in total. The van der Waals surface area contributed by atoms with E-state index >= 15 is 0 Å². The zero-order valence-electron chi connectivity index (χ0n) is 11.2. The molecule has 0 aliphatic carbocycles. The molecule has 0 aliphatic rings. The van der Waals surface area contributed by atoms with Gasteiger partial charge in [0, 0.05) is 19.2 Å². The molecule has 1 atom stereocenters. The molecule has 0 aromatic carbocycles. The van der Waals surface area contributed by atoms with E-state index < -0.39 is 4.92 Å². The lowest BCUT2D eigenvalue weighted by Crippen LogP contribution is -2.20. The number of hydrogen-bond acceptors (Lipinski definition) is 6. The zero-order valence-corrected chi connectivity index (χ0v) is 11.2. The Bertz CT molecular complexity index is 425. The molecule has 1 aromatic rings. The number of pyridine rings is 1. The molecule has 0 bridgehead atoms. The molecule has 0 saturated carbocycles. The highest BCUT2D eigenvalue weighted by molar-refractivity contribution is 5.55. The molecule has 7 heteroatoms. The number of aromatic nitrogens is 1. The third-order valence-electron chi connectivity index (χ3n) is 2.70. The van der Waals surface area contributed by atoms with Crippen LogP contribution in [0, 0.1) is 10.1 Å². The average Bonchev–Trinajstić information content (AvgIpc) is 2.38. The lowest BCUT2D eigenvalue weighted by molar-refractivity contribution is -0.384. The maximum Gasteiger partial charge on any atom is 0.276 e. The zero-order chi connectivity index (χ0) is 14.3. The average molecular weight is 268 g/mol. The van der Waals surface area contributed by atoms with E-state index in [9.17, 15) is 10.1 Å². The molecule has 1 rings (SSSR count). The second kappa shape index (κ2) is 7.52. The summed E-state index contributed by atoms with van der Waals surface area (Å²) in [7, 11) is 0. The van der Waals surface area contributed by atoms with Gasteiger partial charge in [-0.2, -0.15) is 0 Å². The van der Waals surface area contributed by atoms with Crippen molar-refractivity contribution in [3.05, 3.63) is 22.2 Å². The van der Waals surface area contributed by atoms with Crippen molar-refractivity contribution < 1.29 is 10.0 Å². The fraction of sp³-hybridized carbons (Fsp3) is 0.583. The van der Waals surface area contributed by atoms with Crippen LogP contribution in [0.4, 0.5) is 17.3 Å². The number of rotatable bonds is 8. The molecule has 19 heavy (non-hydrogen) atoms. The van der Waals surface area contributed by atoms with Crippen molar-refractivity contribution in [3.8, 4) is 0 Å². The van der Waals surface area contributed by atoms with Crippen LogP contribution in [0.1, 0.15) is 26.7 Å². The Balaban J connectivity index is 2.94. The standard InChI is InChI=1S/C12H20N4O3/c1-3-9(5-6-17)14-12-8-10(16(18)19)7-11(15-12)13-4-2/h7-9,17H,3-6H2,1-2H3,(H2,13,14,15). The van der Waals surface area contributed by atoms with Crippen molar-refractivity contribution >= 4 is 17.3 Å². The first-order valence-electron chi connectivity index (χ1n) is 6.38. The van der Waals surface area contributed by atoms with Crippen LogP contribution in [0.5, 0.6) is 0 Å². The monoisotopic (exact) mass is 268 g/mol. The van der Waals surface area contributed by atoms with E-state index in [0.717, 1.165) is 6.42 Å².